The van der Waals surface area contributed by atoms with Gasteiger partial charge in [-0.2, -0.15) is 0 Å². The summed E-state index contributed by atoms with van der Waals surface area (Å²) < 4.78 is 1.73. The average molecular weight is 327 g/mol. The van der Waals surface area contributed by atoms with Gasteiger partial charge in [0.2, 0.25) is 11.7 Å². The second-order valence-electron chi connectivity index (χ2n) is 6.92. The number of likely N-dealkylation sites (tertiary alicyclic amines) is 2. The molecule has 1 spiro atoms. The van der Waals surface area contributed by atoms with E-state index >= 15 is 0 Å². The van der Waals surface area contributed by atoms with Gasteiger partial charge in [0, 0.05) is 39.1 Å². The minimum atomic E-state index is -0.394. The van der Waals surface area contributed by atoms with Crippen LogP contribution >= 0.6 is 0 Å². The van der Waals surface area contributed by atoms with Crippen molar-refractivity contribution in [2.24, 2.45) is 5.41 Å². The van der Waals surface area contributed by atoms with E-state index < -0.39 is 5.41 Å². The third-order valence-corrected chi connectivity index (χ3v) is 5.37. The zero-order chi connectivity index (χ0) is 16.9. The average Bonchev–Trinajstić information content (AvgIpc) is 3.13. The van der Waals surface area contributed by atoms with Gasteiger partial charge in [-0.3, -0.25) is 14.0 Å². The quantitative estimate of drug-likeness (QED) is 0.787. The highest BCUT2D eigenvalue weighted by atomic mass is 16.2. The molecular weight excluding hydrogens is 306 g/mol. The summed E-state index contributed by atoms with van der Waals surface area (Å²) in [6.45, 7) is 3.76. The van der Waals surface area contributed by atoms with Crippen LogP contribution in [0.25, 0.3) is 5.78 Å². The highest BCUT2D eigenvalue weighted by Gasteiger charge is 2.49. The third-order valence-electron chi connectivity index (χ3n) is 5.37. The van der Waals surface area contributed by atoms with E-state index in [1.54, 1.807) is 32.7 Å². The van der Waals surface area contributed by atoms with Crippen LogP contribution in [0, 0.1) is 12.3 Å². The first kappa shape index (κ1) is 15.1. The molecule has 0 bridgehead atoms. The maximum atomic E-state index is 13.1. The fourth-order valence-electron chi connectivity index (χ4n) is 4.10. The number of carbonyl (C=O) groups is 2. The second kappa shape index (κ2) is 5.29. The molecule has 2 aromatic heterocycles. The molecule has 126 valence electrons. The van der Waals surface area contributed by atoms with E-state index in [4.69, 9.17) is 0 Å². The fraction of sp³-hybridized carbons (Fsp3) is 0.529. The van der Waals surface area contributed by atoms with E-state index in [2.05, 4.69) is 9.97 Å². The van der Waals surface area contributed by atoms with Crippen LogP contribution in [0.4, 0.5) is 0 Å². The van der Waals surface area contributed by atoms with Crippen molar-refractivity contribution in [1.29, 1.82) is 0 Å². The van der Waals surface area contributed by atoms with Crippen LogP contribution in [0.3, 0.4) is 0 Å². The van der Waals surface area contributed by atoms with Crippen molar-refractivity contribution in [2.45, 2.75) is 26.2 Å². The van der Waals surface area contributed by atoms with Gasteiger partial charge in [-0.15, -0.1) is 0 Å². The van der Waals surface area contributed by atoms with Crippen LogP contribution in [-0.4, -0.2) is 62.7 Å². The normalized spacial score (nSPS) is 24.3. The van der Waals surface area contributed by atoms with Gasteiger partial charge in [-0.1, -0.05) is 0 Å². The lowest BCUT2D eigenvalue weighted by Gasteiger charge is -2.37. The van der Waals surface area contributed by atoms with Gasteiger partial charge in [-0.05, 0) is 32.3 Å². The largest absolute Gasteiger partial charge is 0.345 e. The number of aromatic nitrogens is 3. The van der Waals surface area contributed by atoms with Gasteiger partial charge in [0.15, 0.2) is 0 Å². The monoisotopic (exact) mass is 327 g/mol. The summed E-state index contributed by atoms with van der Waals surface area (Å²) in [5, 5.41) is 0. The molecule has 0 aromatic carbocycles. The van der Waals surface area contributed by atoms with Crippen LogP contribution in [0.15, 0.2) is 18.5 Å². The van der Waals surface area contributed by atoms with Gasteiger partial charge in [-0.25, -0.2) is 9.97 Å². The summed E-state index contributed by atoms with van der Waals surface area (Å²) in [4.78, 5) is 37.9. The topological polar surface area (TPSA) is 70.8 Å². The molecule has 0 unspecified atom stereocenters. The molecule has 2 saturated heterocycles. The van der Waals surface area contributed by atoms with Crippen molar-refractivity contribution < 1.29 is 9.59 Å². The summed E-state index contributed by atoms with van der Waals surface area (Å²) >= 11 is 0. The number of aryl methyl sites for hydroxylation is 1. The zero-order valence-corrected chi connectivity index (χ0v) is 14.0. The molecule has 2 aromatic rings. The first-order valence-electron chi connectivity index (χ1n) is 8.36. The molecule has 1 atom stereocenters. The SMILES string of the molecule is Cc1nc2ncccn2c1C(=O)N1CC[C@@]2(CCCN(C)C2=O)C1. The van der Waals surface area contributed by atoms with Crippen LogP contribution < -0.4 is 0 Å². The highest BCUT2D eigenvalue weighted by Crippen LogP contribution is 2.40. The molecule has 7 nitrogen and oxygen atoms in total. The van der Waals surface area contributed by atoms with Crippen molar-refractivity contribution in [1.82, 2.24) is 24.2 Å². The number of amides is 2. The molecule has 0 aliphatic carbocycles. The number of piperidine rings is 1. The number of hydrogen-bond donors (Lipinski definition) is 0. The Balaban J connectivity index is 1.64. The molecule has 0 saturated carbocycles. The van der Waals surface area contributed by atoms with Gasteiger partial charge in [0.05, 0.1) is 11.1 Å². The summed E-state index contributed by atoms with van der Waals surface area (Å²) in [5.74, 6) is 0.646. The zero-order valence-electron chi connectivity index (χ0n) is 14.0. The lowest BCUT2D eigenvalue weighted by Crippen LogP contribution is -2.48. The first-order chi connectivity index (χ1) is 11.5. The van der Waals surface area contributed by atoms with Gasteiger partial charge < -0.3 is 9.80 Å². The van der Waals surface area contributed by atoms with E-state index in [1.807, 2.05) is 14.0 Å². The Kier molecular flexibility index (Phi) is 3.33. The molecular formula is C17H21N5O2. The summed E-state index contributed by atoms with van der Waals surface area (Å²) in [6, 6.07) is 1.79. The molecule has 0 radical (unpaired) electrons. The Morgan fingerprint density at radius 2 is 2.12 bits per heavy atom. The number of rotatable bonds is 1. The molecule has 4 rings (SSSR count). The van der Waals surface area contributed by atoms with Crippen LogP contribution in [0.2, 0.25) is 0 Å². The highest BCUT2D eigenvalue weighted by molar-refractivity contribution is 5.95. The molecule has 0 N–H and O–H groups in total. The molecule has 4 heterocycles. The molecule has 2 fully saturated rings. The summed E-state index contributed by atoms with van der Waals surface area (Å²) in [6.07, 6.45) is 6.09. The number of imidazole rings is 1. The van der Waals surface area contributed by atoms with E-state index in [1.165, 1.54) is 0 Å². The lowest BCUT2D eigenvalue weighted by atomic mass is 9.78. The Hall–Kier alpha value is -2.44. The van der Waals surface area contributed by atoms with E-state index in [0.717, 1.165) is 25.8 Å². The first-order valence-corrected chi connectivity index (χ1v) is 8.36. The van der Waals surface area contributed by atoms with E-state index in [-0.39, 0.29) is 11.8 Å². The van der Waals surface area contributed by atoms with Crippen molar-refractivity contribution in [3.05, 3.63) is 29.8 Å². The van der Waals surface area contributed by atoms with Crippen molar-refractivity contribution in [3.63, 3.8) is 0 Å². The van der Waals surface area contributed by atoms with Crippen molar-refractivity contribution in [2.75, 3.05) is 26.7 Å². The minimum Gasteiger partial charge on any atom is -0.345 e. The Bertz CT molecular complexity index is 829. The molecule has 24 heavy (non-hydrogen) atoms. The Morgan fingerprint density at radius 1 is 1.29 bits per heavy atom. The Morgan fingerprint density at radius 3 is 2.96 bits per heavy atom. The third kappa shape index (κ3) is 2.11. The van der Waals surface area contributed by atoms with Crippen molar-refractivity contribution >= 4 is 17.6 Å². The summed E-state index contributed by atoms with van der Waals surface area (Å²) in [5.41, 5.74) is 0.827. The predicted molar refractivity (Wildman–Crippen MR) is 87.5 cm³/mol. The molecule has 7 heteroatoms. The number of hydrogen-bond acceptors (Lipinski definition) is 4. The Labute approximate surface area is 140 Å². The minimum absolute atomic E-state index is 0.0640. The lowest BCUT2D eigenvalue weighted by molar-refractivity contribution is -0.143. The number of fused-ring (bicyclic) bond motifs is 1. The molecule has 2 amide bonds. The van der Waals surface area contributed by atoms with Crippen LogP contribution in [0.1, 0.15) is 35.4 Å². The van der Waals surface area contributed by atoms with Gasteiger partial charge in [0.25, 0.3) is 5.91 Å². The van der Waals surface area contributed by atoms with Crippen LogP contribution in [0.5, 0.6) is 0 Å². The molecule has 2 aliphatic rings. The maximum Gasteiger partial charge on any atom is 0.272 e. The standard InChI is InChI=1S/C17H21N5O2/c1-12-13(22-9-4-7-18-16(22)19-12)14(23)21-10-6-17(11-21)5-3-8-20(2)15(17)24/h4,7,9H,3,5-6,8,10-11H2,1-2H3/t17-/m0/s1. The van der Waals surface area contributed by atoms with Gasteiger partial charge >= 0.3 is 0 Å². The van der Waals surface area contributed by atoms with E-state index in [9.17, 15) is 9.59 Å². The number of carbonyl (C=O) groups excluding carboxylic acids is 2. The molecule has 2 aliphatic heterocycles. The predicted octanol–water partition coefficient (Wildman–Crippen LogP) is 1.12. The second-order valence-corrected chi connectivity index (χ2v) is 6.92. The fourth-order valence-corrected chi connectivity index (χ4v) is 4.10. The smallest absolute Gasteiger partial charge is 0.272 e. The van der Waals surface area contributed by atoms with E-state index in [0.29, 0.717) is 30.3 Å². The van der Waals surface area contributed by atoms with Crippen LogP contribution in [-0.2, 0) is 4.79 Å². The summed E-state index contributed by atoms with van der Waals surface area (Å²) in [7, 11) is 1.86. The van der Waals surface area contributed by atoms with Crippen molar-refractivity contribution in [3.8, 4) is 0 Å². The van der Waals surface area contributed by atoms with Gasteiger partial charge in [0.1, 0.15) is 5.69 Å². The number of nitrogens with zero attached hydrogens (tertiary/aromatic N) is 5. The maximum absolute atomic E-state index is 13.1.